The van der Waals surface area contributed by atoms with Crippen LogP contribution in [0.4, 0.5) is 13.9 Å². The number of nitrogens with zero attached hydrogens (tertiary/aromatic N) is 3. The smallest absolute Gasteiger partial charge is 0.263 e. The van der Waals surface area contributed by atoms with Gasteiger partial charge >= 0.3 is 0 Å². The zero-order valence-electron chi connectivity index (χ0n) is 13.5. The Hall–Kier alpha value is -2.72. The minimum Gasteiger partial charge on any atom is -0.298 e. The number of carbonyl (C=O) groups excluding carboxylic acids is 1. The average molecular weight is 393 g/mol. The first kappa shape index (κ1) is 18.1. The molecule has 0 saturated heterocycles. The van der Waals surface area contributed by atoms with Gasteiger partial charge in [-0.1, -0.05) is 23.5 Å². The third kappa shape index (κ3) is 3.33. The number of rotatable bonds is 5. The Labute approximate surface area is 156 Å². The van der Waals surface area contributed by atoms with Crippen molar-refractivity contribution in [2.24, 2.45) is 0 Å². The monoisotopic (exact) mass is 393 g/mol. The van der Waals surface area contributed by atoms with Gasteiger partial charge in [0, 0.05) is 6.54 Å². The molecule has 0 unspecified atom stereocenters. The largest absolute Gasteiger partial charge is 0.298 e. The van der Waals surface area contributed by atoms with E-state index in [4.69, 9.17) is 12.2 Å². The fourth-order valence-corrected chi connectivity index (χ4v) is 3.49. The lowest BCUT2D eigenvalue weighted by Crippen LogP contribution is -2.15. The van der Waals surface area contributed by atoms with Gasteiger partial charge in [0.1, 0.15) is 17.2 Å². The zero-order chi connectivity index (χ0) is 18.8. The quantitative estimate of drug-likeness (QED) is 0.506. The first-order chi connectivity index (χ1) is 12.4. The molecule has 0 spiro atoms. The molecule has 134 valence electrons. The number of benzene rings is 1. The van der Waals surface area contributed by atoms with Crippen molar-refractivity contribution >= 4 is 34.6 Å². The second kappa shape index (κ2) is 7.26. The van der Waals surface area contributed by atoms with E-state index in [1.54, 1.807) is 17.6 Å². The SMILES string of the molecule is C=CCn1c(-c2sc(NC(=O)c3c(F)cccc3F)nc2C)n[nH]c1=S. The van der Waals surface area contributed by atoms with Crippen LogP contribution in [0.1, 0.15) is 16.1 Å². The van der Waals surface area contributed by atoms with Crippen molar-refractivity contribution in [2.45, 2.75) is 13.5 Å². The van der Waals surface area contributed by atoms with E-state index in [-0.39, 0.29) is 5.13 Å². The van der Waals surface area contributed by atoms with Crippen molar-refractivity contribution in [2.75, 3.05) is 5.32 Å². The van der Waals surface area contributed by atoms with E-state index >= 15 is 0 Å². The topological polar surface area (TPSA) is 75.6 Å². The predicted octanol–water partition coefficient (Wildman–Crippen LogP) is 4.09. The van der Waals surface area contributed by atoms with Crippen LogP contribution in [-0.2, 0) is 6.54 Å². The lowest BCUT2D eigenvalue weighted by atomic mass is 10.2. The number of thiazole rings is 1. The molecule has 3 rings (SSSR count). The van der Waals surface area contributed by atoms with Crippen molar-refractivity contribution in [1.29, 1.82) is 0 Å². The van der Waals surface area contributed by atoms with Gasteiger partial charge in [-0.05, 0) is 31.3 Å². The number of hydrogen-bond donors (Lipinski definition) is 2. The molecule has 1 amide bonds. The highest BCUT2D eigenvalue weighted by Gasteiger charge is 2.21. The molecule has 2 N–H and O–H groups in total. The number of amides is 1. The minimum absolute atomic E-state index is 0.198. The third-order valence-electron chi connectivity index (χ3n) is 3.48. The first-order valence-corrected chi connectivity index (χ1v) is 8.64. The van der Waals surface area contributed by atoms with E-state index in [0.29, 0.717) is 27.7 Å². The Bertz CT molecular complexity index is 1030. The van der Waals surface area contributed by atoms with Gasteiger partial charge in [-0.2, -0.15) is 5.10 Å². The lowest BCUT2D eigenvalue weighted by molar-refractivity contribution is 0.101. The molecular weight excluding hydrogens is 380 g/mol. The highest BCUT2D eigenvalue weighted by Crippen LogP contribution is 2.32. The minimum atomic E-state index is -0.942. The van der Waals surface area contributed by atoms with Crippen molar-refractivity contribution in [1.82, 2.24) is 19.7 Å². The van der Waals surface area contributed by atoms with Crippen LogP contribution in [0.2, 0.25) is 0 Å². The number of nitrogens with one attached hydrogen (secondary N) is 2. The van der Waals surface area contributed by atoms with Crippen LogP contribution < -0.4 is 5.32 Å². The van der Waals surface area contributed by atoms with Gasteiger partial charge in [0.15, 0.2) is 15.7 Å². The highest BCUT2D eigenvalue weighted by molar-refractivity contribution is 7.71. The lowest BCUT2D eigenvalue weighted by Gasteiger charge is -2.04. The normalized spacial score (nSPS) is 10.7. The van der Waals surface area contributed by atoms with E-state index < -0.39 is 23.1 Å². The molecule has 0 fully saturated rings. The summed E-state index contributed by atoms with van der Waals surface area (Å²) < 4.78 is 29.6. The molecule has 26 heavy (non-hydrogen) atoms. The number of hydrogen-bond acceptors (Lipinski definition) is 5. The average Bonchev–Trinajstić information content (AvgIpc) is 3.11. The standard InChI is InChI=1S/C16H13F2N5OS2/c1-3-7-23-13(21-22-16(23)25)12-8(2)19-15(26-12)20-14(24)11-9(17)5-4-6-10(11)18/h3-6H,1,7H2,2H3,(H,22,25)(H,19,20,24). The third-order valence-corrected chi connectivity index (χ3v) is 4.86. The fourth-order valence-electron chi connectivity index (χ4n) is 2.32. The fraction of sp³-hybridized carbons (Fsp3) is 0.125. The summed E-state index contributed by atoms with van der Waals surface area (Å²) in [5.41, 5.74) is -0.0603. The Morgan fingerprint density at radius 1 is 1.46 bits per heavy atom. The second-order valence-corrected chi connectivity index (χ2v) is 6.62. The molecule has 2 aromatic heterocycles. The molecule has 0 bridgehead atoms. The van der Waals surface area contributed by atoms with Crippen LogP contribution in [0.15, 0.2) is 30.9 Å². The van der Waals surface area contributed by atoms with Crippen LogP contribution >= 0.6 is 23.6 Å². The first-order valence-electron chi connectivity index (χ1n) is 7.41. The molecular formula is C16H13F2N5OS2. The van der Waals surface area contributed by atoms with Crippen LogP contribution in [0.3, 0.4) is 0 Å². The van der Waals surface area contributed by atoms with E-state index in [1.807, 2.05) is 0 Å². The zero-order valence-corrected chi connectivity index (χ0v) is 15.2. The molecule has 0 aliphatic carbocycles. The van der Waals surface area contributed by atoms with E-state index in [9.17, 15) is 13.6 Å². The van der Waals surface area contributed by atoms with Gasteiger partial charge in [0.2, 0.25) is 0 Å². The number of H-pyrrole nitrogens is 1. The van der Waals surface area contributed by atoms with Crippen LogP contribution in [0.25, 0.3) is 10.7 Å². The molecule has 0 aliphatic heterocycles. The van der Waals surface area contributed by atoms with Gasteiger partial charge in [0.05, 0.1) is 10.6 Å². The maximum Gasteiger partial charge on any atom is 0.263 e. The van der Waals surface area contributed by atoms with E-state index in [0.717, 1.165) is 23.5 Å². The van der Waals surface area contributed by atoms with Crippen LogP contribution in [0.5, 0.6) is 0 Å². The van der Waals surface area contributed by atoms with E-state index in [2.05, 4.69) is 27.1 Å². The van der Waals surface area contributed by atoms with Crippen molar-refractivity contribution in [3.8, 4) is 10.7 Å². The second-order valence-electron chi connectivity index (χ2n) is 5.24. The molecule has 0 aliphatic rings. The number of allylic oxidation sites excluding steroid dienone is 1. The molecule has 6 nitrogen and oxygen atoms in total. The summed E-state index contributed by atoms with van der Waals surface area (Å²) >= 11 is 6.31. The van der Waals surface area contributed by atoms with Crippen molar-refractivity contribution < 1.29 is 13.6 Å². The van der Waals surface area contributed by atoms with Gasteiger partial charge in [0.25, 0.3) is 5.91 Å². The summed E-state index contributed by atoms with van der Waals surface area (Å²) in [4.78, 5) is 17.1. The molecule has 0 radical (unpaired) electrons. The molecule has 0 saturated carbocycles. The Kier molecular flexibility index (Phi) is 5.05. The predicted molar refractivity (Wildman–Crippen MR) is 97.8 cm³/mol. The van der Waals surface area contributed by atoms with Crippen molar-refractivity contribution in [3.05, 3.63) is 58.5 Å². The number of aromatic amines is 1. The van der Waals surface area contributed by atoms with Crippen LogP contribution in [0, 0.1) is 23.3 Å². The van der Waals surface area contributed by atoms with Gasteiger partial charge in [-0.3, -0.25) is 19.8 Å². The molecule has 2 heterocycles. The highest BCUT2D eigenvalue weighted by atomic mass is 32.1. The summed E-state index contributed by atoms with van der Waals surface area (Å²) in [5, 5.41) is 9.50. The molecule has 10 heteroatoms. The Balaban J connectivity index is 1.93. The van der Waals surface area contributed by atoms with Gasteiger partial charge in [-0.25, -0.2) is 13.8 Å². The summed E-state index contributed by atoms with van der Waals surface area (Å²) in [5.74, 6) is -2.25. The van der Waals surface area contributed by atoms with Gasteiger partial charge in [-0.15, -0.1) is 6.58 Å². The summed E-state index contributed by atoms with van der Waals surface area (Å²) in [6.07, 6.45) is 1.68. The maximum atomic E-state index is 13.7. The Morgan fingerprint density at radius 2 is 2.15 bits per heavy atom. The maximum absolute atomic E-state index is 13.7. The number of anilines is 1. The molecule has 0 atom stereocenters. The van der Waals surface area contributed by atoms with Crippen molar-refractivity contribution in [3.63, 3.8) is 0 Å². The summed E-state index contributed by atoms with van der Waals surface area (Å²) in [7, 11) is 0. The number of carbonyl (C=O) groups is 1. The van der Waals surface area contributed by atoms with E-state index in [1.165, 1.54) is 6.07 Å². The number of halogens is 2. The molecule has 1 aromatic carbocycles. The summed E-state index contributed by atoms with van der Waals surface area (Å²) in [6, 6.07) is 3.22. The molecule has 3 aromatic rings. The number of aryl methyl sites for hydroxylation is 1. The Morgan fingerprint density at radius 3 is 2.81 bits per heavy atom. The number of aromatic nitrogens is 4. The van der Waals surface area contributed by atoms with Crippen LogP contribution in [-0.4, -0.2) is 25.7 Å². The van der Waals surface area contributed by atoms with Gasteiger partial charge < -0.3 is 0 Å². The summed E-state index contributed by atoms with van der Waals surface area (Å²) in [6.45, 7) is 5.87.